The van der Waals surface area contributed by atoms with Crippen LogP contribution in [0.5, 0.6) is 5.75 Å². The highest BCUT2D eigenvalue weighted by Gasteiger charge is 2.21. The monoisotopic (exact) mass is 448 g/mol. The maximum atomic E-state index is 12.9. The molecule has 1 atom stereocenters. The lowest BCUT2D eigenvalue weighted by molar-refractivity contribution is -0.153. The van der Waals surface area contributed by atoms with Gasteiger partial charge in [0.25, 0.3) is 0 Å². The molecule has 0 aliphatic carbocycles. The van der Waals surface area contributed by atoms with E-state index in [9.17, 15) is 9.59 Å². The lowest BCUT2D eigenvalue weighted by Gasteiger charge is -2.17. The minimum atomic E-state index is -0.767. The second-order valence-corrected chi connectivity index (χ2v) is 7.69. The molecule has 0 amide bonds. The Morgan fingerprint density at radius 1 is 1.03 bits per heavy atom. The zero-order chi connectivity index (χ0) is 22.5. The molecule has 0 unspecified atom stereocenters. The van der Waals surface area contributed by atoms with Gasteiger partial charge >= 0.3 is 5.97 Å². The van der Waals surface area contributed by atoms with E-state index in [0.29, 0.717) is 33.7 Å². The van der Waals surface area contributed by atoms with Crippen molar-refractivity contribution in [3.8, 4) is 16.9 Å². The van der Waals surface area contributed by atoms with Crippen molar-refractivity contribution in [2.45, 2.75) is 26.1 Å². The summed E-state index contributed by atoms with van der Waals surface area (Å²) in [5.41, 5.74) is 2.28. The fraction of sp³-hybridized carbons (Fsp3) is 0.154. The van der Waals surface area contributed by atoms with Crippen LogP contribution < -0.4 is 10.2 Å². The van der Waals surface area contributed by atoms with Crippen LogP contribution in [0.25, 0.3) is 22.1 Å². The fourth-order valence-electron chi connectivity index (χ4n) is 3.29. The maximum absolute atomic E-state index is 12.9. The fourth-order valence-corrected chi connectivity index (χ4v) is 3.42. The Balaban J connectivity index is 1.51. The summed E-state index contributed by atoms with van der Waals surface area (Å²) in [6.07, 6.45) is 1.09. The van der Waals surface area contributed by atoms with Gasteiger partial charge in [-0.1, -0.05) is 61.0 Å². The molecule has 0 radical (unpaired) electrons. The first kappa shape index (κ1) is 21.7. The third kappa shape index (κ3) is 4.84. The van der Waals surface area contributed by atoms with Gasteiger partial charge in [-0.25, -0.2) is 4.79 Å². The summed E-state index contributed by atoms with van der Waals surface area (Å²) >= 11 is 5.93. The van der Waals surface area contributed by atoms with Crippen LogP contribution >= 0.6 is 11.6 Å². The number of ether oxygens (including phenoxy) is 2. The van der Waals surface area contributed by atoms with Gasteiger partial charge in [-0.2, -0.15) is 0 Å². The quantitative estimate of drug-likeness (QED) is 0.324. The van der Waals surface area contributed by atoms with E-state index in [4.69, 9.17) is 25.5 Å². The van der Waals surface area contributed by atoms with Crippen molar-refractivity contribution in [1.82, 2.24) is 0 Å². The molecule has 0 fully saturated rings. The van der Waals surface area contributed by atoms with Crippen molar-refractivity contribution in [3.05, 3.63) is 99.9 Å². The highest BCUT2D eigenvalue weighted by molar-refractivity contribution is 6.30. The topological polar surface area (TPSA) is 65.7 Å². The van der Waals surface area contributed by atoms with Crippen LogP contribution in [0, 0.1) is 0 Å². The van der Waals surface area contributed by atoms with Gasteiger partial charge in [-0.3, -0.25) is 4.79 Å². The number of hydrogen-bond donors (Lipinski definition) is 0. The number of esters is 1. The van der Waals surface area contributed by atoms with Gasteiger partial charge in [0.1, 0.15) is 24.2 Å². The van der Waals surface area contributed by atoms with Gasteiger partial charge < -0.3 is 13.9 Å². The summed E-state index contributed by atoms with van der Waals surface area (Å²) in [6.45, 7) is 2.02. The number of halogens is 1. The van der Waals surface area contributed by atoms with Crippen molar-refractivity contribution >= 4 is 28.5 Å². The molecule has 4 rings (SSSR count). The normalized spacial score (nSPS) is 11.8. The Bertz CT molecular complexity index is 1280. The van der Waals surface area contributed by atoms with Crippen molar-refractivity contribution in [1.29, 1.82) is 0 Å². The van der Waals surface area contributed by atoms with Gasteiger partial charge in [-0.15, -0.1) is 0 Å². The van der Waals surface area contributed by atoms with Crippen LogP contribution in [-0.2, 0) is 16.1 Å². The minimum Gasteiger partial charge on any atom is -0.479 e. The zero-order valence-electron chi connectivity index (χ0n) is 17.4. The van der Waals surface area contributed by atoms with Crippen molar-refractivity contribution in [3.63, 3.8) is 0 Å². The largest absolute Gasteiger partial charge is 0.479 e. The second kappa shape index (κ2) is 9.71. The average Bonchev–Trinajstić information content (AvgIpc) is 2.82. The van der Waals surface area contributed by atoms with Crippen molar-refractivity contribution in [2.75, 3.05) is 0 Å². The lowest BCUT2D eigenvalue weighted by Crippen LogP contribution is -2.28. The highest BCUT2D eigenvalue weighted by Crippen LogP contribution is 2.25. The average molecular weight is 449 g/mol. The molecular weight excluding hydrogens is 428 g/mol. The van der Waals surface area contributed by atoms with Crippen LogP contribution in [-0.4, -0.2) is 12.1 Å². The predicted octanol–water partition coefficient (Wildman–Crippen LogP) is 6.01. The van der Waals surface area contributed by atoms with Crippen LogP contribution in [0.1, 0.15) is 18.9 Å². The molecule has 0 saturated carbocycles. The van der Waals surface area contributed by atoms with E-state index in [-0.39, 0.29) is 12.0 Å². The first-order valence-electron chi connectivity index (χ1n) is 10.2. The van der Waals surface area contributed by atoms with Crippen molar-refractivity contribution < 1.29 is 18.7 Å². The Morgan fingerprint density at radius 3 is 2.50 bits per heavy atom. The summed E-state index contributed by atoms with van der Waals surface area (Å²) in [6, 6.07) is 21.3. The first-order valence-corrected chi connectivity index (χ1v) is 10.6. The Morgan fingerprint density at radius 2 is 1.78 bits per heavy atom. The van der Waals surface area contributed by atoms with E-state index in [0.717, 1.165) is 11.1 Å². The Labute approximate surface area is 190 Å². The minimum absolute atomic E-state index is 0.158. The van der Waals surface area contributed by atoms with E-state index >= 15 is 0 Å². The number of rotatable bonds is 7. The van der Waals surface area contributed by atoms with Crippen LogP contribution in [0.2, 0.25) is 5.02 Å². The van der Waals surface area contributed by atoms with Gasteiger partial charge in [-0.05, 0) is 41.8 Å². The SMILES string of the molecule is CC[C@@H](Oc1ccc2c(=O)c(-c3ccc(Cl)cc3)coc2c1)C(=O)OCc1ccccc1. The zero-order valence-corrected chi connectivity index (χ0v) is 18.2. The molecule has 5 nitrogen and oxygen atoms in total. The number of fused-ring (bicyclic) bond motifs is 1. The molecule has 6 heteroatoms. The number of hydrogen-bond acceptors (Lipinski definition) is 5. The Hall–Kier alpha value is -3.57. The molecule has 0 spiro atoms. The predicted molar refractivity (Wildman–Crippen MR) is 124 cm³/mol. The van der Waals surface area contributed by atoms with Gasteiger partial charge in [0, 0.05) is 11.1 Å². The first-order chi connectivity index (χ1) is 15.5. The van der Waals surface area contributed by atoms with Gasteiger partial charge in [0.2, 0.25) is 0 Å². The summed E-state index contributed by atoms with van der Waals surface area (Å²) in [7, 11) is 0. The summed E-state index contributed by atoms with van der Waals surface area (Å²) < 4.78 is 16.9. The molecule has 3 aromatic carbocycles. The van der Waals surface area contributed by atoms with Crippen LogP contribution in [0.15, 0.2) is 88.3 Å². The summed E-state index contributed by atoms with van der Waals surface area (Å²) in [5, 5.41) is 1.01. The van der Waals surface area contributed by atoms with E-state index in [1.807, 2.05) is 37.3 Å². The molecule has 0 aliphatic heterocycles. The maximum Gasteiger partial charge on any atom is 0.347 e. The molecule has 162 valence electrons. The third-order valence-corrected chi connectivity index (χ3v) is 5.29. The summed E-state index contributed by atoms with van der Waals surface area (Å²) in [5.74, 6) is -0.0283. The number of benzene rings is 3. The van der Waals surface area contributed by atoms with E-state index < -0.39 is 12.1 Å². The van der Waals surface area contributed by atoms with E-state index in [1.54, 1.807) is 42.5 Å². The van der Waals surface area contributed by atoms with E-state index in [1.165, 1.54) is 6.26 Å². The molecule has 32 heavy (non-hydrogen) atoms. The molecule has 4 aromatic rings. The molecule has 1 aromatic heterocycles. The third-order valence-electron chi connectivity index (χ3n) is 5.04. The highest BCUT2D eigenvalue weighted by atomic mass is 35.5. The molecule has 0 N–H and O–H groups in total. The molecule has 1 heterocycles. The van der Waals surface area contributed by atoms with Gasteiger partial charge in [0.15, 0.2) is 11.5 Å². The molecular formula is C26H21ClO5. The Kier molecular flexibility index (Phi) is 6.57. The van der Waals surface area contributed by atoms with Crippen LogP contribution in [0.3, 0.4) is 0 Å². The van der Waals surface area contributed by atoms with Crippen LogP contribution in [0.4, 0.5) is 0 Å². The van der Waals surface area contributed by atoms with Crippen molar-refractivity contribution in [2.24, 2.45) is 0 Å². The number of carbonyl (C=O) groups is 1. The second-order valence-electron chi connectivity index (χ2n) is 7.25. The molecule has 0 aliphatic rings. The standard InChI is InChI=1S/C26H21ClO5/c1-2-23(26(29)31-15-17-6-4-3-5-7-17)32-20-12-13-21-24(14-20)30-16-22(25(21)28)18-8-10-19(27)11-9-18/h3-14,16,23H,2,15H2,1H3/t23-/m1/s1. The smallest absolute Gasteiger partial charge is 0.347 e. The van der Waals surface area contributed by atoms with E-state index in [2.05, 4.69) is 0 Å². The van der Waals surface area contributed by atoms with Gasteiger partial charge in [0.05, 0.1) is 10.9 Å². The number of carbonyl (C=O) groups excluding carboxylic acids is 1. The lowest BCUT2D eigenvalue weighted by atomic mass is 10.1. The summed E-state index contributed by atoms with van der Waals surface area (Å²) in [4.78, 5) is 25.4. The molecule has 0 saturated heterocycles. The molecule has 0 bridgehead atoms.